The standard InChI is InChI=1S/C19H23NO4.C9H17NO2/c1-20-7-6-19-10-14(21)16(24-3)9-12(19)13(20)8-11-4-5-15(23-2)18(22)17(11)19;10-7-9(6-8(11)12)4-2-1-3-5-9/h4-5,9,12-13,22H,6-8,10H2,1-3H3;1-7,10H2,(H,11,12)/t12-,13+,19-;/m1./s1. The summed E-state index contributed by atoms with van der Waals surface area (Å²) in [6.45, 7) is 1.44. The Bertz CT molecular complexity index is 1030. The van der Waals surface area contributed by atoms with Crippen LogP contribution >= 0.6 is 0 Å². The van der Waals surface area contributed by atoms with Crippen LogP contribution in [0.1, 0.15) is 62.5 Å². The number of nitrogens with two attached hydrogens (primary N) is 1. The van der Waals surface area contributed by atoms with Crippen LogP contribution in [-0.4, -0.2) is 67.3 Å². The molecule has 2 fully saturated rings. The lowest BCUT2D eigenvalue weighted by atomic mass is 9.53. The number of piperidine rings is 1. The molecule has 1 aromatic carbocycles. The van der Waals surface area contributed by atoms with Crippen LogP contribution in [0.25, 0.3) is 0 Å². The molecule has 1 aromatic rings. The Kier molecular flexibility index (Phi) is 7.67. The molecule has 4 N–H and O–H groups in total. The molecule has 1 heterocycles. The van der Waals surface area contributed by atoms with E-state index in [-0.39, 0.29) is 34.7 Å². The number of methoxy groups -OCH3 is 2. The van der Waals surface area contributed by atoms with Gasteiger partial charge in [-0.15, -0.1) is 0 Å². The molecule has 2 bridgehead atoms. The van der Waals surface area contributed by atoms with Crippen molar-refractivity contribution in [1.29, 1.82) is 0 Å². The Balaban J connectivity index is 0.000000214. The number of rotatable bonds is 5. The van der Waals surface area contributed by atoms with Gasteiger partial charge >= 0.3 is 5.97 Å². The number of Topliss-reactive ketones (excluding diaryl/α,β-unsaturated/α-hetero) is 1. The maximum absolute atomic E-state index is 12.6. The van der Waals surface area contributed by atoms with Gasteiger partial charge in [0.15, 0.2) is 23.0 Å². The maximum Gasteiger partial charge on any atom is 0.303 e. The molecule has 0 amide bonds. The summed E-state index contributed by atoms with van der Waals surface area (Å²) in [5.41, 5.74) is 7.23. The number of nitrogens with zero attached hydrogens (tertiary/aromatic N) is 1. The van der Waals surface area contributed by atoms with Crippen molar-refractivity contribution < 1.29 is 29.3 Å². The molecule has 36 heavy (non-hydrogen) atoms. The van der Waals surface area contributed by atoms with Crippen LogP contribution in [0.4, 0.5) is 0 Å². The molecule has 0 aromatic heterocycles. The molecule has 0 unspecified atom stereocenters. The highest BCUT2D eigenvalue weighted by atomic mass is 16.5. The van der Waals surface area contributed by atoms with Crippen molar-refractivity contribution in [3.63, 3.8) is 0 Å². The van der Waals surface area contributed by atoms with Gasteiger partial charge in [0, 0.05) is 29.4 Å². The number of aromatic hydroxyl groups is 1. The van der Waals surface area contributed by atoms with E-state index < -0.39 is 5.97 Å². The van der Waals surface area contributed by atoms with Crippen molar-refractivity contribution in [1.82, 2.24) is 4.90 Å². The van der Waals surface area contributed by atoms with Gasteiger partial charge in [0.1, 0.15) is 0 Å². The number of hydrogen-bond donors (Lipinski definition) is 3. The Morgan fingerprint density at radius 1 is 1.17 bits per heavy atom. The molecule has 0 radical (unpaired) electrons. The van der Waals surface area contributed by atoms with Crippen molar-refractivity contribution >= 4 is 11.8 Å². The molecule has 1 saturated carbocycles. The zero-order valence-corrected chi connectivity index (χ0v) is 21.7. The minimum atomic E-state index is -0.706. The van der Waals surface area contributed by atoms with Crippen LogP contribution in [0.2, 0.25) is 0 Å². The number of carbonyl (C=O) groups is 2. The first-order valence-corrected chi connectivity index (χ1v) is 13.0. The summed E-state index contributed by atoms with van der Waals surface area (Å²) in [6.07, 6.45) is 9.85. The van der Waals surface area contributed by atoms with Crippen LogP contribution in [0.15, 0.2) is 24.0 Å². The van der Waals surface area contributed by atoms with Crippen LogP contribution < -0.4 is 10.5 Å². The summed E-state index contributed by atoms with van der Waals surface area (Å²) in [6, 6.07) is 4.18. The van der Waals surface area contributed by atoms with E-state index in [1.165, 1.54) is 6.42 Å². The topological polar surface area (TPSA) is 122 Å². The molecular formula is C28H40N2O6. The summed E-state index contributed by atoms with van der Waals surface area (Å²) < 4.78 is 10.6. The fourth-order valence-corrected chi connectivity index (χ4v) is 7.11. The Hall–Kier alpha value is -2.58. The van der Waals surface area contributed by atoms with Crippen molar-refractivity contribution in [2.75, 3.05) is 34.4 Å². The van der Waals surface area contributed by atoms with E-state index in [2.05, 4.69) is 11.9 Å². The predicted molar refractivity (Wildman–Crippen MR) is 136 cm³/mol. The first-order valence-electron chi connectivity index (χ1n) is 13.0. The summed E-state index contributed by atoms with van der Waals surface area (Å²) >= 11 is 0. The first kappa shape index (κ1) is 26.5. The lowest BCUT2D eigenvalue weighted by Gasteiger charge is -2.56. The smallest absolute Gasteiger partial charge is 0.303 e. The summed E-state index contributed by atoms with van der Waals surface area (Å²) in [5.74, 6) is 0.615. The minimum Gasteiger partial charge on any atom is -0.504 e. The second-order valence-corrected chi connectivity index (χ2v) is 11.0. The van der Waals surface area contributed by atoms with Crippen molar-refractivity contribution in [3.8, 4) is 11.5 Å². The number of carboxylic acid groups (broad SMARTS) is 1. The van der Waals surface area contributed by atoms with Gasteiger partial charge in [-0.25, -0.2) is 0 Å². The molecule has 198 valence electrons. The summed E-state index contributed by atoms with van der Waals surface area (Å²) in [7, 11) is 5.25. The van der Waals surface area contributed by atoms with E-state index in [1.54, 1.807) is 14.2 Å². The highest BCUT2D eigenvalue weighted by molar-refractivity contribution is 5.96. The number of ketones is 1. The Labute approximate surface area is 213 Å². The molecule has 4 aliphatic rings. The van der Waals surface area contributed by atoms with Gasteiger partial charge in [-0.3, -0.25) is 9.59 Å². The quantitative estimate of drug-likeness (QED) is 0.562. The molecule has 5 rings (SSSR count). The monoisotopic (exact) mass is 500 g/mol. The van der Waals surface area contributed by atoms with E-state index in [4.69, 9.17) is 20.3 Å². The van der Waals surface area contributed by atoms with Gasteiger partial charge in [-0.05, 0) is 68.9 Å². The van der Waals surface area contributed by atoms with Gasteiger partial charge in [-0.2, -0.15) is 0 Å². The molecule has 0 spiro atoms. The van der Waals surface area contributed by atoms with Gasteiger partial charge in [0.05, 0.1) is 20.6 Å². The minimum absolute atomic E-state index is 0.0205. The third kappa shape index (κ3) is 4.61. The van der Waals surface area contributed by atoms with E-state index >= 15 is 0 Å². The number of fused-ring (bicyclic) bond motifs is 1. The fourth-order valence-electron chi connectivity index (χ4n) is 7.11. The van der Waals surface area contributed by atoms with Gasteiger partial charge < -0.3 is 30.3 Å². The largest absolute Gasteiger partial charge is 0.504 e. The summed E-state index contributed by atoms with van der Waals surface area (Å²) in [5, 5.41) is 19.6. The molecule has 8 nitrogen and oxygen atoms in total. The highest BCUT2D eigenvalue weighted by Crippen LogP contribution is 2.57. The lowest BCUT2D eigenvalue weighted by Crippen LogP contribution is -2.60. The normalized spacial score (nSPS) is 28.6. The first-order chi connectivity index (χ1) is 17.2. The fraction of sp³-hybridized carbons (Fsp3) is 0.643. The Morgan fingerprint density at radius 3 is 2.50 bits per heavy atom. The number of benzene rings is 1. The predicted octanol–water partition coefficient (Wildman–Crippen LogP) is 3.39. The van der Waals surface area contributed by atoms with Crippen molar-refractivity contribution in [3.05, 3.63) is 35.1 Å². The van der Waals surface area contributed by atoms with E-state index in [0.29, 0.717) is 30.5 Å². The third-order valence-electron chi connectivity index (χ3n) is 9.08. The van der Waals surface area contributed by atoms with E-state index in [9.17, 15) is 14.7 Å². The number of likely N-dealkylation sites (tertiary alicyclic amines) is 1. The van der Waals surface area contributed by atoms with Gasteiger partial charge in [0.2, 0.25) is 0 Å². The number of phenols is 1. The molecular weight excluding hydrogens is 460 g/mol. The average molecular weight is 501 g/mol. The highest BCUT2D eigenvalue weighted by Gasteiger charge is 2.56. The van der Waals surface area contributed by atoms with Gasteiger partial charge in [0.25, 0.3) is 0 Å². The van der Waals surface area contributed by atoms with Crippen molar-refractivity contribution in [2.45, 2.75) is 69.2 Å². The average Bonchev–Trinajstić information content (AvgIpc) is 2.86. The second-order valence-electron chi connectivity index (χ2n) is 11.0. The van der Waals surface area contributed by atoms with Crippen LogP contribution in [0, 0.1) is 11.3 Å². The zero-order valence-electron chi connectivity index (χ0n) is 21.7. The SMILES string of the molecule is COC1=C[C@@H]2[C@@H]3Cc4ccc(OC)c(O)c4[C@]2(CCN3C)CC1=O.NCC1(CC(=O)O)CCCCC1. The zero-order chi connectivity index (χ0) is 26.1. The molecule has 1 saturated heterocycles. The molecule has 8 heteroatoms. The van der Waals surface area contributed by atoms with Gasteiger partial charge in [-0.1, -0.05) is 25.3 Å². The lowest BCUT2D eigenvalue weighted by molar-refractivity contribution is -0.140. The number of likely N-dealkylation sites (N-methyl/N-ethyl adjacent to an activating group) is 1. The third-order valence-corrected chi connectivity index (χ3v) is 9.08. The number of aliphatic carboxylic acids is 1. The van der Waals surface area contributed by atoms with E-state index in [0.717, 1.165) is 56.2 Å². The number of ether oxygens (including phenoxy) is 2. The molecule has 3 aliphatic carbocycles. The summed E-state index contributed by atoms with van der Waals surface area (Å²) in [4.78, 5) is 25.6. The number of carboxylic acids is 1. The molecule has 3 atom stereocenters. The van der Waals surface area contributed by atoms with Crippen LogP contribution in [0.5, 0.6) is 11.5 Å². The maximum atomic E-state index is 12.6. The number of allylic oxidation sites excluding steroid dienone is 1. The van der Waals surface area contributed by atoms with E-state index in [1.807, 2.05) is 18.2 Å². The number of hydrogen-bond acceptors (Lipinski definition) is 7. The molecule has 1 aliphatic heterocycles. The van der Waals surface area contributed by atoms with Crippen LogP contribution in [-0.2, 0) is 26.2 Å². The van der Waals surface area contributed by atoms with Crippen LogP contribution in [0.3, 0.4) is 0 Å². The number of phenolic OH excluding ortho intramolecular Hbond substituents is 1. The Morgan fingerprint density at radius 2 is 1.89 bits per heavy atom. The second kappa shape index (κ2) is 10.4. The number of carbonyl (C=O) groups excluding carboxylic acids is 1. The van der Waals surface area contributed by atoms with Crippen molar-refractivity contribution in [2.24, 2.45) is 17.1 Å².